The predicted octanol–water partition coefficient (Wildman–Crippen LogP) is 2.92. The van der Waals surface area contributed by atoms with Crippen LogP contribution in [-0.4, -0.2) is 44.2 Å². The van der Waals surface area contributed by atoms with Gasteiger partial charge in [0, 0.05) is 16.6 Å². The van der Waals surface area contributed by atoms with Crippen molar-refractivity contribution in [2.45, 2.75) is 25.3 Å². The molecule has 1 unspecified atom stereocenters. The van der Waals surface area contributed by atoms with E-state index in [-0.39, 0.29) is 5.91 Å². The van der Waals surface area contributed by atoms with Crippen molar-refractivity contribution >= 4 is 27.8 Å². The number of aromatic amines is 1. The second-order valence-corrected chi connectivity index (χ2v) is 6.73. The van der Waals surface area contributed by atoms with Gasteiger partial charge in [0.2, 0.25) is 0 Å². The molecule has 1 aromatic heterocycles. The molecular formula is C16H16BrN3O3. The van der Waals surface area contributed by atoms with Crippen LogP contribution in [0.1, 0.15) is 30.3 Å². The number of aliphatic carboxylic acids is 1. The molecule has 0 bridgehead atoms. The van der Waals surface area contributed by atoms with Crippen molar-refractivity contribution in [3.63, 3.8) is 0 Å². The van der Waals surface area contributed by atoms with Crippen LogP contribution >= 0.6 is 15.9 Å². The van der Waals surface area contributed by atoms with E-state index in [2.05, 4.69) is 26.1 Å². The van der Waals surface area contributed by atoms with E-state index in [4.69, 9.17) is 0 Å². The number of carboxylic acids is 1. The minimum Gasteiger partial charge on any atom is -0.480 e. The normalized spacial score (nSPS) is 20.7. The van der Waals surface area contributed by atoms with Gasteiger partial charge in [-0.1, -0.05) is 28.1 Å². The van der Waals surface area contributed by atoms with Crippen LogP contribution in [0.4, 0.5) is 0 Å². The standard InChI is InChI=1S/C16H16BrN3O3/c1-16(15(22)23)7-2-8-20(16)14(21)13-9-12(18-19-13)10-3-5-11(17)6-4-10/h3-6,9H,2,7-8H2,1H3,(H,18,19)(H,22,23). The maximum Gasteiger partial charge on any atom is 0.329 e. The predicted molar refractivity (Wildman–Crippen MR) is 88.0 cm³/mol. The first-order chi connectivity index (χ1) is 10.9. The number of rotatable bonds is 3. The molecule has 2 aromatic rings. The summed E-state index contributed by atoms with van der Waals surface area (Å²) in [5.41, 5.74) is 0.681. The van der Waals surface area contributed by atoms with Crippen molar-refractivity contribution in [2.75, 3.05) is 6.54 Å². The van der Waals surface area contributed by atoms with Crippen LogP contribution in [0.25, 0.3) is 11.3 Å². The molecule has 120 valence electrons. The van der Waals surface area contributed by atoms with Gasteiger partial charge in [-0.25, -0.2) is 4.79 Å². The van der Waals surface area contributed by atoms with Crippen molar-refractivity contribution in [1.82, 2.24) is 15.1 Å². The zero-order chi connectivity index (χ0) is 16.6. The molecule has 1 saturated heterocycles. The summed E-state index contributed by atoms with van der Waals surface area (Å²) in [5.74, 6) is -1.31. The fourth-order valence-corrected chi connectivity index (χ4v) is 3.12. The molecule has 0 spiro atoms. The second-order valence-electron chi connectivity index (χ2n) is 5.81. The Morgan fingerprint density at radius 1 is 1.35 bits per heavy atom. The Labute approximate surface area is 141 Å². The molecule has 3 rings (SSSR count). The van der Waals surface area contributed by atoms with Gasteiger partial charge in [0.15, 0.2) is 0 Å². The number of carbonyl (C=O) groups excluding carboxylic acids is 1. The van der Waals surface area contributed by atoms with Gasteiger partial charge in [0.25, 0.3) is 5.91 Å². The number of carbonyl (C=O) groups is 2. The Bertz CT molecular complexity index is 756. The average Bonchev–Trinajstić information content (AvgIpc) is 3.15. The Morgan fingerprint density at radius 2 is 2.04 bits per heavy atom. The number of amides is 1. The number of likely N-dealkylation sites (tertiary alicyclic amines) is 1. The number of carboxylic acid groups (broad SMARTS) is 1. The molecule has 7 heteroatoms. The lowest BCUT2D eigenvalue weighted by atomic mass is 9.99. The first-order valence-corrected chi connectivity index (χ1v) is 8.08. The van der Waals surface area contributed by atoms with E-state index in [1.807, 2.05) is 24.3 Å². The van der Waals surface area contributed by atoms with E-state index in [9.17, 15) is 14.7 Å². The number of aromatic nitrogens is 2. The zero-order valence-corrected chi connectivity index (χ0v) is 14.1. The lowest BCUT2D eigenvalue weighted by molar-refractivity contribution is -0.147. The highest BCUT2D eigenvalue weighted by molar-refractivity contribution is 9.10. The summed E-state index contributed by atoms with van der Waals surface area (Å²) in [5, 5.41) is 16.3. The van der Waals surface area contributed by atoms with E-state index in [0.717, 1.165) is 10.0 Å². The van der Waals surface area contributed by atoms with E-state index in [1.54, 1.807) is 13.0 Å². The summed E-state index contributed by atoms with van der Waals surface area (Å²) in [6, 6.07) is 9.24. The van der Waals surface area contributed by atoms with Crippen LogP contribution in [0.3, 0.4) is 0 Å². The molecule has 1 amide bonds. The minimum atomic E-state index is -1.15. The third-order valence-corrected chi connectivity index (χ3v) is 4.82. The van der Waals surface area contributed by atoms with Gasteiger partial charge in [-0.2, -0.15) is 5.10 Å². The van der Waals surface area contributed by atoms with Gasteiger partial charge >= 0.3 is 5.97 Å². The summed E-state index contributed by atoms with van der Waals surface area (Å²) in [4.78, 5) is 25.6. The van der Waals surface area contributed by atoms with Crippen molar-refractivity contribution < 1.29 is 14.7 Å². The van der Waals surface area contributed by atoms with Crippen LogP contribution < -0.4 is 0 Å². The first kappa shape index (κ1) is 15.7. The lowest BCUT2D eigenvalue weighted by Gasteiger charge is -2.30. The molecule has 1 aliphatic rings. The SMILES string of the molecule is CC1(C(=O)O)CCCN1C(=O)c1cc(-c2ccc(Br)cc2)n[nH]1. The molecule has 0 saturated carbocycles. The molecule has 0 radical (unpaired) electrons. The monoisotopic (exact) mass is 377 g/mol. The molecule has 23 heavy (non-hydrogen) atoms. The number of nitrogens with one attached hydrogen (secondary N) is 1. The summed E-state index contributed by atoms with van der Waals surface area (Å²) in [7, 11) is 0. The summed E-state index contributed by atoms with van der Waals surface area (Å²) in [6.07, 6.45) is 1.14. The molecule has 2 N–H and O–H groups in total. The molecule has 1 aliphatic heterocycles. The zero-order valence-electron chi connectivity index (χ0n) is 12.5. The number of benzene rings is 1. The maximum atomic E-state index is 12.6. The lowest BCUT2D eigenvalue weighted by Crippen LogP contribution is -2.50. The largest absolute Gasteiger partial charge is 0.480 e. The Balaban J connectivity index is 1.87. The van der Waals surface area contributed by atoms with Crippen molar-refractivity contribution in [2.24, 2.45) is 0 Å². The number of halogens is 1. The molecular weight excluding hydrogens is 362 g/mol. The molecule has 1 aromatic carbocycles. The topological polar surface area (TPSA) is 86.3 Å². The van der Waals surface area contributed by atoms with Crippen LogP contribution in [0.5, 0.6) is 0 Å². The fourth-order valence-electron chi connectivity index (χ4n) is 2.86. The van der Waals surface area contributed by atoms with Crippen LogP contribution in [0.15, 0.2) is 34.8 Å². The molecule has 1 fully saturated rings. The van der Waals surface area contributed by atoms with Gasteiger partial charge in [-0.05, 0) is 38.0 Å². The Morgan fingerprint density at radius 3 is 2.70 bits per heavy atom. The molecule has 6 nitrogen and oxygen atoms in total. The first-order valence-electron chi connectivity index (χ1n) is 7.28. The highest BCUT2D eigenvalue weighted by atomic mass is 79.9. The van der Waals surface area contributed by atoms with Crippen LogP contribution in [0, 0.1) is 0 Å². The number of nitrogens with zero attached hydrogens (tertiary/aromatic N) is 2. The quantitative estimate of drug-likeness (QED) is 0.860. The summed E-state index contributed by atoms with van der Waals surface area (Å²) >= 11 is 3.37. The van der Waals surface area contributed by atoms with E-state index < -0.39 is 11.5 Å². The van der Waals surface area contributed by atoms with Crippen LogP contribution in [-0.2, 0) is 4.79 Å². The van der Waals surface area contributed by atoms with Crippen LogP contribution in [0.2, 0.25) is 0 Å². The van der Waals surface area contributed by atoms with Crippen molar-refractivity contribution in [3.8, 4) is 11.3 Å². The minimum absolute atomic E-state index is 0.303. The van der Waals surface area contributed by atoms with Gasteiger partial charge in [-0.15, -0.1) is 0 Å². The van der Waals surface area contributed by atoms with Gasteiger partial charge < -0.3 is 10.0 Å². The number of H-pyrrole nitrogens is 1. The number of hydrogen-bond donors (Lipinski definition) is 2. The Hall–Kier alpha value is -2.15. The highest BCUT2D eigenvalue weighted by Gasteiger charge is 2.46. The van der Waals surface area contributed by atoms with E-state index >= 15 is 0 Å². The molecule has 2 heterocycles. The third-order valence-electron chi connectivity index (χ3n) is 4.30. The van der Waals surface area contributed by atoms with E-state index in [0.29, 0.717) is 30.8 Å². The average molecular weight is 378 g/mol. The van der Waals surface area contributed by atoms with Gasteiger partial charge in [0.1, 0.15) is 11.2 Å². The maximum absolute atomic E-state index is 12.6. The van der Waals surface area contributed by atoms with Crippen molar-refractivity contribution in [1.29, 1.82) is 0 Å². The third kappa shape index (κ3) is 2.76. The summed E-state index contributed by atoms with van der Waals surface area (Å²) < 4.78 is 0.961. The summed E-state index contributed by atoms with van der Waals surface area (Å²) in [6.45, 7) is 2.03. The molecule has 1 atom stereocenters. The smallest absolute Gasteiger partial charge is 0.329 e. The Kier molecular flexibility index (Phi) is 3.97. The fraction of sp³-hybridized carbons (Fsp3) is 0.312. The molecule has 0 aliphatic carbocycles. The second kappa shape index (κ2) is 5.81. The van der Waals surface area contributed by atoms with Crippen molar-refractivity contribution in [3.05, 3.63) is 40.5 Å². The van der Waals surface area contributed by atoms with Gasteiger partial charge in [0.05, 0.1) is 5.69 Å². The number of hydrogen-bond acceptors (Lipinski definition) is 3. The van der Waals surface area contributed by atoms with Gasteiger partial charge in [-0.3, -0.25) is 9.89 Å². The highest BCUT2D eigenvalue weighted by Crippen LogP contribution is 2.31. The van der Waals surface area contributed by atoms with E-state index in [1.165, 1.54) is 4.90 Å².